The van der Waals surface area contributed by atoms with E-state index < -0.39 is 11.4 Å². The van der Waals surface area contributed by atoms with Crippen LogP contribution in [0.5, 0.6) is 0 Å². The van der Waals surface area contributed by atoms with Crippen LogP contribution in [0.4, 0.5) is 0 Å². The minimum Gasteiger partial charge on any atom is -0.750 e. The van der Waals surface area contributed by atoms with Gasteiger partial charge in [-0.05, 0) is 18.6 Å². The Morgan fingerprint density at radius 2 is 1.87 bits per heavy atom. The Labute approximate surface area is 110 Å². The van der Waals surface area contributed by atoms with Gasteiger partial charge in [0.1, 0.15) is 0 Å². The van der Waals surface area contributed by atoms with Gasteiger partial charge in [0.05, 0.1) is 18.0 Å². The molecule has 0 aliphatic carbocycles. The van der Waals surface area contributed by atoms with Crippen LogP contribution in [0, 0.1) is 0 Å². The van der Waals surface area contributed by atoms with Crippen molar-refractivity contribution in [2.24, 2.45) is 0 Å². The Morgan fingerprint density at radius 3 is 2.40 bits per heavy atom. The standard InChI is InChI=1S/C8H18O3S4/c9-15(10)11-6-8(14)7(13)4-2-1-3-5-12/h7-8,12-14H,1-6H2,(H,9,10)/p-1. The van der Waals surface area contributed by atoms with E-state index in [9.17, 15) is 8.76 Å². The molecule has 0 bridgehead atoms. The van der Waals surface area contributed by atoms with E-state index in [0.29, 0.717) is 0 Å². The number of hydrogen-bond acceptors (Lipinski definition) is 6. The number of rotatable bonds is 9. The molecular weight excluding hydrogens is 272 g/mol. The van der Waals surface area contributed by atoms with Crippen LogP contribution in [-0.2, 0) is 15.5 Å². The van der Waals surface area contributed by atoms with Gasteiger partial charge in [-0.15, -0.1) is 0 Å². The third-order valence-electron chi connectivity index (χ3n) is 1.94. The first kappa shape index (κ1) is 16.1. The van der Waals surface area contributed by atoms with Gasteiger partial charge in [-0.25, -0.2) is 4.21 Å². The van der Waals surface area contributed by atoms with Crippen LogP contribution >= 0.6 is 37.9 Å². The molecule has 3 unspecified atom stereocenters. The van der Waals surface area contributed by atoms with Crippen molar-refractivity contribution in [3.05, 3.63) is 0 Å². The maximum Gasteiger partial charge on any atom is 0.0842 e. The second kappa shape index (κ2) is 10.3. The molecule has 0 aromatic rings. The zero-order valence-electron chi connectivity index (χ0n) is 8.37. The molecule has 0 amide bonds. The van der Waals surface area contributed by atoms with E-state index >= 15 is 0 Å². The molecule has 0 fully saturated rings. The molecule has 3 atom stereocenters. The Hall–Kier alpha value is 1.12. The minimum atomic E-state index is -2.45. The maximum atomic E-state index is 10.1. The number of unbranched alkanes of at least 4 members (excludes halogenated alkanes) is 2. The highest BCUT2D eigenvalue weighted by Crippen LogP contribution is 2.17. The lowest BCUT2D eigenvalue weighted by atomic mass is 10.1. The highest BCUT2D eigenvalue weighted by Gasteiger charge is 2.13. The van der Waals surface area contributed by atoms with Gasteiger partial charge < -0.3 is 4.55 Å². The van der Waals surface area contributed by atoms with Gasteiger partial charge in [0.2, 0.25) is 0 Å². The van der Waals surface area contributed by atoms with Crippen molar-refractivity contribution in [3.8, 4) is 0 Å². The van der Waals surface area contributed by atoms with Crippen LogP contribution in [0.1, 0.15) is 25.7 Å². The van der Waals surface area contributed by atoms with Crippen LogP contribution < -0.4 is 0 Å². The van der Waals surface area contributed by atoms with Gasteiger partial charge in [-0.1, -0.05) is 12.8 Å². The normalized spacial score (nSPS) is 17.3. The van der Waals surface area contributed by atoms with E-state index in [1.807, 2.05) is 0 Å². The highest BCUT2D eigenvalue weighted by atomic mass is 32.2. The summed E-state index contributed by atoms with van der Waals surface area (Å²) in [7, 11) is 0. The summed E-state index contributed by atoms with van der Waals surface area (Å²) in [6.45, 7) is 0.0833. The third-order valence-corrected chi connectivity index (χ3v) is 3.94. The van der Waals surface area contributed by atoms with Gasteiger partial charge >= 0.3 is 0 Å². The molecule has 0 aromatic carbocycles. The largest absolute Gasteiger partial charge is 0.750 e. The molecule has 7 heteroatoms. The molecular formula is C8H17O3S4-. The molecule has 0 N–H and O–H groups in total. The molecule has 0 aliphatic rings. The first-order chi connectivity index (χ1) is 7.07. The third kappa shape index (κ3) is 10.0. The van der Waals surface area contributed by atoms with Crippen molar-refractivity contribution in [1.29, 1.82) is 0 Å². The van der Waals surface area contributed by atoms with Gasteiger partial charge in [0.25, 0.3) is 0 Å². The molecule has 0 saturated heterocycles. The van der Waals surface area contributed by atoms with Gasteiger partial charge in [0.15, 0.2) is 0 Å². The highest BCUT2D eigenvalue weighted by molar-refractivity contribution is 7.85. The average Bonchev–Trinajstić information content (AvgIpc) is 2.20. The number of thiol groups is 3. The lowest BCUT2D eigenvalue weighted by molar-refractivity contribution is 0.298. The van der Waals surface area contributed by atoms with Crippen LogP contribution in [0.3, 0.4) is 0 Å². The summed E-state index contributed by atoms with van der Waals surface area (Å²) in [4.78, 5) is 0. The fourth-order valence-corrected chi connectivity index (χ4v) is 2.15. The summed E-state index contributed by atoms with van der Waals surface area (Å²) < 4.78 is 24.7. The van der Waals surface area contributed by atoms with Crippen molar-refractivity contribution in [1.82, 2.24) is 0 Å². The molecule has 0 aliphatic heterocycles. The Kier molecular flexibility index (Phi) is 11.1. The lowest BCUT2D eigenvalue weighted by Crippen LogP contribution is -2.21. The predicted octanol–water partition coefficient (Wildman–Crippen LogP) is 1.88. The zero-order valence-corrected chi connectivity index (χ0v) is 11.9. The first-order valence-electron chi connectivity index (χ1n) is 4.77. The van der Waals surface area contributed by atoms with E-state index in [4.69, 9.17) is 0 Å². The fourth-order valence-electron chi connectivity index (χ4n) is 1.07. The summed E-state index contributed by atoms with van der Waals surface area (Å²) in [5.74, 6) is 0.903. The van der Waals surface area contributed by atoms with Crippen molar-refractivity contribution >= 4 is 49.2 Å². The van der Waals surface area contributed by atoms with Gasteiger partial charge in [-0.3, -0.25) is 4.18 Å². The molecule has 15 heavy (non-hydrogen) atoms. The van der Waals surface area contributed by atoms with Crippen LogP contribution in [-0.4, -0.2) is 31.6 Å². The summed E-state index contributed by atoms with van der Waals surface area (Å²) in [6, 6.07) is 0. The quantitative estimate of drug-likeness (QED) is 0.345. The second-order valence-corrected chi connectivity index (χ2v) is 5.61. The molecule has 0 rings (SSSR count). The van der Waals surface area contributed by atoms with E-state index in [0.717, 1.165) is 31.4 Å². The van der Waals surface area contributed by atoms with Crippen LogP contribution in [0.25, 0.3) is 0 Å². The van der Waals surface area contributed by atoms with Crippen molar-refractivity contribution in [2.45, 2.75) is 36.2 Å². The van der Waals surface area contributed by atoms with E-state index in [1.54, 1.807) is 0 Å². The summed E-state index contributed by atoms with van der Waals surface area (Å²) in [5.41, 5.74) is 0. The maximum absolute atomic E-state index is 10.1. The first-order valence-corrected chi connectivity index (χ1v) is 7.44. The Morgan fingerprint density at radius 1 is 1.20 bits per heavy atom. The van der Waals surface area contributed by atoms with Gasteiger partial charge in [-0.2, -0.15) is 37.9 Å². The van der Waals surface area contributed by atoms with Crippen LogP contribution in [0.15, 0.2) is 0 Å². The smallest absolute Gasteiger partial charge is 0.0842 e. The van der Waals surface area contributed by atoms with E-state index in [2.05, 4.69) is 42.1 Å². The summed E-state index contributed by atoms with van der Waals surface area (Å²) in [5, 5.41) is -0.0842. The molecule has 0 heterocycles. The monoisotopic (exact) mass is 289 g/mol. The Bertz CT molecular complexity index is 179. The SMILES string of the molecule is O=S([O-])OCC(S)C(S)CCCCCS. The average molecular weight is 289 g/mol. The van der Waals surface area contributed by atoms with E-state index in [1.165, 1.54) is 0 Å². The molecule has 0 aromatic heterocycles. The summed E-state index contributed by atoms with van der Waals surface area (Å²) in [6.07, 6.45) is 4.20. The molecule has 92 valence electrons. The van der Waals surface area contributed by atoms with Crippen LogP contribution in [0.2, 0.25) is 0 Å². The molecule has 3 nitrogen and oxygen atoms in total. The van der Waals surface area contributed by atoms with E-state index in [-0.39, 0.29) is 17.1 Å². The van der Waals surface area contributed by atoms with Crippen molar-refractivity contribution < 1.29 is 12.9 Å². The number of hydrogen-bond donors (Lipinski definition) is 3. The Balaban J connectivity index is 3.50. The van der Waals surface area contributed by atoms with Crippen molar-refractivity contribution in [2.75, 3.05) is 12.4 Å². The fraction of sp³-hybridized carbons (Fsp3) is 1.00. The molecule has 0 saturated carbocycles. The predicted molar refractivity (Wildman–Crippen MR) is 72.7 cm³/mol. The molecule has 0 spiro atoms. The lowest BCUT2D eigenvalue weighted by Gasteiger charge is -2.18. The van der Waals surface area contributed by atoms with Gasteiger partial charge in [0, 0.05) is 10.5 Å². The topological polar surface area (TPSA) is 49.4 Å². The second-order valence-electron chi connectivity index (χ2n) is 3.20. The zero-order chi connectivity index (χ0) is 11.7. The van der Waals surface area contributed by atoms with Crippen molar-refractivity contribution in [3.63, 3.8) is 0 Å². The minimum absolute atomic E-state index is 0.0665. The summed E-state index contributed by atoms with van der Waals surface area (Å²) >= 11 is 10.3. The molecule has 0 radical (unpaired) electrons.